The molecular formula is C16H26FNO. The Bertz CT molecular complexity index is 402. The lowest BCUT2D eigenvalue weighted by atomic mass is 9.91. The Morgan fingerprint density at radius 2 is 2.05 bits per heavy atom. The van der Waals surface area contributed by atoms with Crippen molar-refractivity contribution in [3.05, 3.63) is 35.1 Å². The van der Waals surface area contributed by atoms with Crippen molar-refractivity contribution < 1.29 is 9.50 Å². The molecule has 1 atom stereocenters. The topological polar surface area (TPSA) is 32.3 Å². The number of halogens is 1. The van der Waals surface area contributed by atoms with Crippen LogP contribution in [0, 0.1) is 18.7 Å². The van der Waals surface area contributed by atoms with E-state index in [0.29, 0.717) is 18.8 Å². The summed E-state index contributed by atoms with van der Waals surface area (Å²) in [6.45, 7) is 9.80. The summed E-state index contributed by atoms with van der Waals surface area (Å²) in [5.74, 6) is 0.392. The summed E-state index contributed by atoms with van der Waals surface area (Å²) in [5.41, 5.74) is 1.15. The van der Waals surface area contributed by atoms with Crippen molar-refractivity contribution in [1.82, 2.24) is 5.32 Å². The molecule has 0 aliphatic rings. The molecule has 0 heterocycles. The zero-order valence-corrected chi connectivity index (χ0v) is 12.5. The molecule has 0 saturated carbocycles. The molecule has 1 rings (SSSR count). The Kier molecular flexibility index (Phi) is 5.95. The van der Waals surface area contributed by atoms with E-state index in [1.807, 2.05) is 13.8 Å². The third-order valence-electron chi connectivity index (χ3n) is 3.27. The van der Waals surface area contributed by atoms with Crippen LogP contribution in [0.15, 0.2) is 18.2 Å². The van der Waals surface area contributed by atoms with Crippen LogP contribution in [-0.2, 0) is 6.42 Å². The minimum Gasteiger partial charge on any atom is -0.390 e. The molecule has 19 heavy (non-hydrogen) atoms. The van der Waals surface area contributed by atoms with Crippen molar-refractivity contribution in [2.45, 2.75) is 46.1 Å². The van der Waals surface area contributed by atoms with Gasteiger partial charge >= 0.3 is 0 Å². The van der Waals surface area contributed by atoms with Gasteiger partial charge in [-0.2, -0.15) is 0 Å². The molecule has 0 radical (unpaired) electrons. The van der Waals surface area contributed by atoms with Gasteiger partial charge in [-0.15, -0.1) is 0 Å². The molecule has 108 valence electrons. The first-order valence-corrected chi connectivity index (χ1v) is 6.98. The van der Waals surface area contributed by atoms with Crippen molar-refractivity contribution >= 4 is 0 Å². The monoisotopic (exact) mass is 267 g/mol. The van der Waals surface area contributed by atoms with E-state index in [4.69, 9.17) is 0 Å². The molecule has 0 spiro atoms. The molecule has 1 aromatic carbocycles. The van der Waals surface area contributed by atoms with Gasteiger partial charge in [0.05, 0.1) is 5.60 Å². The second kappa shape index (κ2) is 7.01. The molecule has 1 aromatic rings. The summed E-state index contributed by atoms with van der Waals surface area (Å²) in [4.78, 5) is 0. The molecule has 3 heteroatoms. The second-order valence-corrected chi connectivity index (χ2v) is 6.09. The van der Waals surface area contributed by atoms with Gasteiger partial charge in [-0.3, -0.25) is 0 Å². The number of hydrogen-bond acceptors (Lipinski definition) is 2. The Hall–Kier alpha value is -0.930. The van der Waals surface area contributed by atoms with Crippen molar-refractivity contribution in [2.24, 2.45) is 5.92 Å². The molecular weight excluding hydrogens is 241 g/mol. The Morgan fingerprint density at radius 1 is 1.37 bits per heavy atom. The number of nitrogens with one attached hydrogen (secondary N) is 1. The maximum Gasteiger partial charge on any atom is 0.123 e. The van der Waals surface area contributed by atoms with Crippen LogP contribution >= 0.6 is 0 Å². The van der Waals surface area contributed by atoms with E-state index in [2.05, 4.69) is 19.2 Å². The maximum atomic E-state index is 13.0. The first-order valence-electron chi connectivity index (χ1n) is 6.98. The van der Waals surface area contributed by atoms with E-state index in [9.17, 15) is 9.50 Å². The molecule has 0 bridgehead atoms. The normalized spacial score (nSPS) is 14.7. The van der Waals surface area contributed by atoms with Crippen LogP contribution in [0.1, 0.15) is 38.3 Å². The second-order valence-electron chi connectivity index (χ2n) is 6.09. The van der Waals surface area contributed by atoms with E-state index >= 15 is 0 Å². The summed E-state index contributed by atoms with van der Waals surface area (Å²) >= 11 is 0. The van der Waals surface area contributed by atoms with Gasteiger partial charge in [0, 0.05) is 6.42 Å². The molecule has 0 aliphatic carbocycles. The molecule has 0 amide bonds. The maximum absolute atomic E-state index is 13.0. The summed E-state index contributed by atoms with van der Waals surface area (Å²) in [6, 6.07) is 4.73. The lowest BCUT2D eigenvalue weighted by Gasteiger charge is -2.24. The predicted octanol–water partition coefficient (Wildman–Crippen LogP) is 3.06. The van der Waals surface area contributed by atoms with Crippen molar-refractivity contribution in [3.8, 4) is 0 Å². The molecule has 2 nitrogen and oxygen atoms in total. The highest BCUT2D eigenvalue weighted by molar-refractivity contribution is 5.27. The fourth-order valence-corrected chi connectivity index (χ4v) is 2.10. The SMILES string of the molecule is Cc1cc(F)ccc1CC(C)(O)CCNCC(C)C. The molecule has 0 aliphatic heterocycles. The minimum absolute atomic E-state index is 0.223. The van der Waals surface area contributed by atoms with Gasteiger partial charge in [-0.1, -0.05) is 19.9 Å². The van der Waals surface area contributed by atoms with E-state index in [1.165, 1.54) is 12.1 Å². The largest absolute Gasteiger partial charge is 0.390 e. The molecule has 1 unspecified atom stereocenters. The van der Waals surface area contributed by atoms with Crippen molar-refractivity contribution in [1.29, 1.82) is 0 Å². The van der Waals surface area contributed by atoms with Gasteiger partial charge in [0.15, 0.2) is 0 Å². The third-order valence-corrected chi connectivity index (χ3v) is 3.27. The van der Waals surface area contributed by atoms with Crippen molar-refractivity contribution in [3.63, 3.8) is 0 Å². The van der Waals surface area contributed by atoms with Gasteiger partial charge < -0.3 is 10.4 Å². The van der Waals surface area contributed by atoms with Gasteiger partial charge in [-0.25, -0.2) is 4.39 Å². The van der Waals surface area contributed by atoms with Crippen LogP contribution in [0.4, 0.5) is 4.39 Å². The lowest BCUT2D eigenvalue weighted by Crippen LogP contribution is -2.33. The van der Waals surface area contributed by atoms with Gasteiger partial charge in [0.25, 0.3) is 0 Å². The van der Waals surface area contributed by atoms with E-state index < -0.39 is 5.60 Å². The Balaban J connectivity index is 2.49. The van der Waals surface area contributed by atoms with Crippen LogP contribution in [0.2, 0.25) is 0 Å². The van der Waals surface area contributed by atoms with Gasteiger partial charge in [0.2, 0.25) is 0 Å². The number of benzene rings is 1. The average molecular weight is 267 g/mol. The van der Waals surface area contributed by atoms with E-state index in [1.54, 1.807) is 6.07 Å². The number of hydrogen-bond donors (Lipinski definition) is 2. The standard InChI is InChI=1S/C16H26FNO/c1-12(2)11-18-8-7-16(4,19)10-14-5-6-15(17)9-13(14)3/h5-6,9,12,18-19H,7-8,10-11H2,1-4H3. The average Bonchev–Trinajstić information content (AvgIpc) is 2.28. The zero-order valence-electron chi connectivity index (χ0n) is 12.5. The molecule has 0 fully saturated rings. The fourth-order valence-electron chi connectivity index (χ4n) is 2.10. The van der Waals surface area contributed by atoms with Crippen molar-refractivity contribution in [2.75, 3.05) is 13.1 Å². The van der Waals surface area contributed by atoms with Crippen LogP contribution in [0.5, 0.6) is 0 Å². The Morgan fingerprint density at radius 3 is 2.63 bits per heavy atom. The van der Waals surface area contributed by atoms with Crippen LogP contribution < -0.4 is 5.32 Å². The number of rotatable bonds is 7. The first kappa shape index (κ1) is 16.1. The smallest absolute Gasteiger partial charge is 0.123 e. The van der Waals surface area contributed by atoms with Crippen LogP contribution in [-0.4, -0.2) is 23.8 Å². The summed E-state index contributed by atoms with van der Waals surface area (Å²) in [6.07, 6.45) is 1.25. The molecule has 2 N–H and O–H groups in total. The lowest BCUT2D eigenvalue weighted by molar-refractivity contribution is 0.0512. The highest BCUT2D eigenvalue weighted by Crippen LogP contribution is 2.20. The number of aryl methyl sites for hydroxylation is 1. The highest BCUT2D eigenvalue weighted by atomic mass is 19.1. The highest BCUT2D eigenvalue weighted by Gasteiger charge is 2.21. The first-order chi connectivity index (χ1) is 8.80. The zero-order chi connectivity index (χ0) is 14.5. The van der Waals surface area contributed by atoms with Gasteiger partial charge in [-0.05, 0) is 62.5 Å². The van der Waals surface area contributed by atoms with Crippen LogP contribution in [0.3, 0.4) is 0 Å². The Labute approximate surface area is 116 Å². The van der Waals surface area contributed by atoms with Crippen LogP contribution in [0.25, 0.3) is 0 Å². The van der Waals surface area contributed by atoms with E-state index in [-0.39, 0.29) is 5.82 Å². The molecule has 0 aromatic heterocycles. The third kappa shape index (κ3) is 6.17. The quantitative estimate of drug-likeness (QED) is 0.744. The van der Waals surface area contributed by atoms with Gasteiger partial charge in [0.1, 0.15) is 5.82 Å². The summed E-state index contributed by atoms with van der Waals surface area (Å²) < 4.78 is 13.0. The minimum atomic E-state index is -0.757. The molecule has 0 saturated heterocycles. The predicted molar refractivity (Wildman–Crippen MR) is 77.8 cm³/mol. The fraction of sp³-hybridized carbons (Fsp3) is 0.625. The van der Waals surface area contributed by atoms with E-state index in [0.717, 1.165) is 24.2 Å². The number of aliphatic hydroxyl groups is 1. The summed E-state index contributed by atoms with van der Waals surface area (Å²) in [5, 5.41) is 13.7. The summed E-state index contributed by atoms with van der Waals surface area (Å²) in [7, 11) is 0.